The van der Waals surface area contributed by atoms with E-state index in [0.717, 1.165) is 36.0 Å². The van der Waals surface area contributed by atoms with Gasteiger partial charge in [0.2, 0.25) is 0 Å². The molecule has 2 aromatic rings. The number of hydrogen-bond acceptors (Lipinski definition) is 8. The van der Waals surface area contributed by atoms with Crippen LogP contribution in [0.2, 0.25) is 0 Å². The van der Waals surface area contributed by atoms with Gasteiger partial charge in [-0.1, -0.05) is 36.1 Å². The summed E-state index contributed by atoms with van der Waals surface area (Å²) in [5.74, 6) is -0.222. The van der Waals surface area contributed by atoms with Crippen LogP contribution in [-0.4, -0.2) is 23.6 Å². The largest absolute Gasteiger partial charge is 0.379 e. The molecule has 1 fully saturated rings. The minimum atomic E-state index is -4.13. The molecule has 0 saturated carbocycles. The number of thioether (sulfide) groups is 1. The summed E-state index contributed by atoms with van der Waals surface area (Å²) in [7, 11) is -4.13. The topological polar surface area (TPSA) is 116 Å². The fourth-order valence-electron chi connectivity index (χ4n) is 2.10. The summed E-state index contributed by atoms with van der Waals surface area (Å²) in [5, 5.41) is 13.1. The van der Waals surface area contributed by atoms with Gasteiger partial charge < -0.3 is 9.50 Å². The van der Waals surface area contributed by atoms with E-state index < -0.39 is 15.0 Å². The Bertz CT molecular complexity index is 1060. The quantitative estimate of drug-likeness (QED) is 0.257. The number of nitro groups is 1. The molecule has 138 valence electrons. The van der Waals surface area contributed by atoms with Gasteiger partial charge in [-0.3, -0.25) is 14.9 Å². The molecule has 2 aromatic carbocycles. The van der Waals surface area contributed by atoms with Crippen LogP contribution in [0.25, 0.3) is 6.08 Å². The number of rotatable bonds is 5. The third kappa shape index (κ3) is 4.51. The lowest BCUT2D eigenvalue weighted by molar-refractivity contribution is -0.384. The highest BCUT2D eigenvalue weighted by Gasteiger charge is 2.22. The maximum atomic E-state index is 12.3. The summed E-state index contributed by atoms with van der Waals surface area (Å²) in [4.78, 5) is 21.9. The van der Waals surface area contributed by atoms with Crippen LogP contribution in [0.3, 0.4) is 0 Å². The van der Waals surface area contributed by atoms with E-state index in [1.54, 1.807) is 18.2 Å². The third-order valence-corrected chi connectivity index (χ3v) is 5.79. The van der Waals surface area contributed by atoms with E-state index in [1.165, 1.54) is 12.1 Å². The second kappa shape index (κ2) is 7.47. The Hall–Kier alpha value is -2.76. The summed E-state index contributed by atoms with van der Waals surface area (Å²) >= 11 is 6.04. The highest BCUT2D eigenvalue weighted by Crippen LogP contribution is 2.27. The van der Waals surface area contributed by atoms with Gasteiger partial charge in [0.1, 0.15) is 15.0 Å². The zero-order valence-electron chi connectivity index (χ0n) is 13.3. The molecule has 1 saturated heterocycles. The van der Waals surface area contributed by atoms with Crippen molar-refractivity contribution in [2.24, 2.45) is 0 Å². The zero-order chi connectivity index (χ0) is 19.6. The first-order valence-corrected chi connectivity index (χ1v) is 9.92. The molecule has 11 heteroatoms. The highest BCUT2D eigenvalue weighted by molar-refractivity contribution is 8.26. The molecule has 1 aliphatic rings. The smallest absolute Gasteiger partial charge is 0.339 e. The molecular weight excluding hydrogens is 412 g/mol. The van der Waals surface area contributed by atoms with E-state index in [-0.39, 0.29) is 22.2 Å². The molecule has 0 atom stereocenters. The predicted octanol–water partition coefficient (Wildman–Crippen LogP) is 2.85. The summed E-state index contributed by atoms with van der Waals surface area (Å²) in [6, 6.07) is 10.4. The Labute approximate surface area is 163 Å². The van der Waals surface area contributed by atoms with Gasteiger partial charge >= 0.3 is 10.1 Å². The number of nitrogens with one attached hydrogen (secondary N) is 1. The van der Waals surface area contributed by atoms with Crippen LogP contribution in [0.4, 0.5) is 5.69 Å². The SMILES string of the molecule is O=C1NC(=S)S/C1=C\c1ccc(OS(=O)(=O)c2ccc([N+](=O)[O-])cc2)cc1. The fraction of sp³-hybridized carbons (Fsp3) is 0. The first-order chi connectivity index (χ1) is 12.7. The maximum Gasteiger partial charge on any atom is 0.339 e. The van der Waals surface area contributed by atoms with Crippen molar-refractivity contribution in [3.8, 4) is 5.75 Å². The molecule has 1 heterocycles. The van der Waals surface area contributed by atoms with Gasteiger partial charge in [0.05, 0.1) is 9.83 Å². The monoisotopic (exact) mass is 422 g/mol. The van der Waals surface area contributed by atoms with Crippen molar-refractivity contribution in [1.82, 2.24) is 5.32 Å². The standard InChI is InChI=1S/C16H10N2O6S3/c19-15-14(26-16(25)17-15)9-10-1-5-12(6-2-10)24-27(22,23)13-7-3-11(4-8-13)18(20)21/h1-9H,(H,17,19,25)/b14-9-. The number of amides is 1. The molecule has 1 amide bonds. The van der Waals surface area contributed by atoms with Gasteiger partial charge in [0.25, 0.3) is 11.6 Å². The summed E-state index contributed by atoms with van der Waals surface area (Å²) in [6.07, 6.45) is 1.62. The van der Waals surface area contributed by atoms with Crippen molar-refractivity contribution in [2.75, 3.05) is 0 Å². The summed E-state index contributed by atoms with van der Waals surface area (Å²) in [5.41, 5.74) is 0.442. The number of carbonyl (C=O) groups is 1. The number of hydrogen-bond donors (Lipinski definition) is 1. The molecule has 27 heavy (non-hydrogen) atoms. The number of non-ortho nitro benzene ring substituents is 1. The molecule has 0 spiro atoms. The van der Waals surface area contributed by atoms with Crippen LogP contribution in [0.15, 0.2) is 58.3 Å². The number of nitrogens with zero attached hydrogens (tertiary/aromatic N) is 1. The summed E-state index contributed by atoms with van der Waals surface area (Å²) in [6.45, 7) is 0. The highest BCUT2D eigenvalue weighted by atomic mass is 32.2. The lowest BCUT2D eigenvalue weighted by Crippen LogP contribution is -2.17. The van der Waals surface area contributed by atoms with Crippen LogP contribution in [0.1, 0.15) is 5.56 Å². The predicted molar refractivity (Wildman–Crippen MR) is 104 cm³/mol. The maximum absolute atomic E-state index is 12.3. The van der Waals surface area contributed by atoms with E-state index in [0.29, 0.717) is 14.8 Å². The van der Waals surface area contributed by atoms with Gasteiger partial charge in [-0.15, -0.1) is 0 Å². The van der Waals surface area contributed by atoms with Crippen molar-refractivity contribution >= 4 is 56.1 Å². The first kappa shape index (κ1) is 19.0. The lowest BCUT2D eigenvalue weighted by atomic mass is 10.2. The summed E-state index contributed by atoms with van der Waals surface area (Å²) < 4.78 is 29.9. The Morgan fingerprint density at radius 3 is 2.26 bits per heavy atom. The molecule has 0 bridgehead atoms. The second-order valence-electron chi connectivity index (χ2n) is 5.21. The third-order valence-electron chi connectivity index (χ3n) is 3.36. The van der Waals surface area contributed by atoms with E-state index in [9.17, 15) is 23.3 Å². The molecule has 0 aromatic heterocycles. The van der Waals surface area contributed by atoms with Gasteiger partial charge in [-0.05, 0) is 35.9 Å². The Balaban J connectivity index is 1.75. The Morgan fingerprint density at radius 1 is 1.11 bits per heavy atom. The number of nitro benzene ring substituents is 1. The molecule has 0 unspecified atom stereocenters. The molecule has 3 rings (SSSR count). The molecule has 0 aliphatic carbocycles. The van der Waals surface area contributed by atoms with Gasteiger partial charge in [-0.25, -0.2) is 0 Å². The van der Waals surface area contributed by atoms with Crippen molar-refractivity contribution in [3.63, 3.8) is 0 Å². The van der Waals surface area contributed by atoms with Gasteiger partial charge in [0.15, 0.2) is 0 Å². The van der Waals surface area contributed by atoms with Crippen molar-refractivity contribution in [3.05, 3.63) is 69.1 Å². The minimum absolute atomic E-state index is 0.0644. The Kier molecular flexibility index (Phi) is 5.26. The zero-order valence-corrected chi connectivity index (χ0v) is 15.8. The average Bonchev–Trinajstić information content (AvgIpc) is 2.93. The molecule has 1 aliphatic heterocycles. The number of benzene rings is 2. The van der Waals surface area contributed by atoms with E-state index in [1.807, 2.05) is 0 Å². The molecule has 0 radical (unpaired) electrons. The van der Waals surface area contributed by atoms with Crippen LogP contribution < -0.4 is 9.50 Å². The van der Waals surface area contributed by atoms with Crippen LogP contribution in [0, 0.1) is 10.1 Å². The van der Waals surface area contributed by atoms with Gasteiger partial charge in [-0.2, -0.15) is 8.42 Å². The van der Waals surface area contributed by atoms with Crippen molar-refractivity contribution in [2.45, 2.75) is 4.90 Å². The van der Waals surface area contributed by atoms with Crippen molar-refractivity contribution in [1.29, 1.82) is 0 Å². The van der Waals surface area contributed by atoms with Gasteiger partial charge in [0, 0.05) is 12.1 Å². The Morgan fingerprint density at radius 2 is 1.74 bits per heavy atom. The van der Waals surface area contributed by atoms with Crippen LogP contribution in [0.5, 0.6) is 5.75 Å². The first-order valence-electron chi connectivity index (χ1n) is 7.28. The second-order valence-corrected chi connectivity index (χ2v) is 8.47. The average molecular weight is 422 g/mol. The van der Waals surface area contributed by atoms with E-state index in [4.69, 9.17) is 16.4 Å². The minimum Gasteiger partial charge on any atom is -0.379 e. The van der Waals surface area contributed by atoms with E-state index in [2.05, 4.69) is 5.32 Å². The lowest BCUT2D eigenvalue weighted by Gasteiger charge is -2.07. The van der Waals surface area contributed by atoms with Crippen LogP contribution >= 0.6 is 24.0 Å². The van der Waals surface area contributed by atoms with E-state index >= 15 is 0 Å². The fourth-order valence-corrected chi connectivity index (χ4v) is 4.08. The van der Waals surface area contributed by atoms with Crippen LogP contribution in [-0.2, 0) is 14.9 Å². The normalized spacial score (nSPS) is 15.6. The molecular formula is C16H10N2O6S3. The molecule has 8 nitrogen and oxygen atoms in total. The number of carbonyl (C=O) groups excluding carboxylic acids is 1. The number of thiocarbonyl (C=S) groups is 1. The molecule has 1 N–H and O–H groups in total. The van der Waals surface area contributed by atoms with Crippen molar-refractivity contribution < 1.29 is 22.3 Å².